The van der Waals surface area contributed by atoms with Crippen molar-refractivity contribution >= 4 is 18.7 Å². The van der Waals surface area contributed by atoms with E-state index >= 15 is 0 Å². The van der Waals surface area contributed by atoms with E-state index in [9.17, 15) is 0 Å². The minimum Gasteiger partial charge on any atom is -0.489 e. The minimum atomic E-state index is -2.60. The van der Waals surface area contributed by atoms with Gasteiger partial charge >= 0.3 is 0 Å². The van der Waals surface area contributed by atoms with Crippen molar-refractivity contribution in [3.63, 3.8) is 0 Å². The maximum absolute atomic E-state index is 7.32. The monoisotopic (exact) mass is 522 g/mol. The largest absolute Gasteiger partial charge is 0.489 e. The molecule has 3 aromatic carbocycles. The smallest absolute Gasteiger partial charge is 0.261 e. The Kier molecular flexibility index (Phi) is 7.25. The van der Waals surface area contributed by atoms with E-state index in [4.69, 9.17) is 9.16 Å². The van der Waals surface area contributed by atoms with Gasteiger partial charge in [0.1, 0.15) is 5.82 Å². The van der Waals surface area contributed by atoms with Crippen molar-refractivity contribution in [3.05, 3.63) is 114 Å². The van der Waals surface area contributed by atoms with Gasteiger partial charge in [-0.15, -0.1) is 0 Å². The zero-order valence-electron chi connectivity index (χ0n) is 23.1. The highest BCUT2D eigenvalue weighted by Gasteiger charge is 2.58. The molecule has 2 atom stereocenters. The molecule has 1 aliphatic carbocycles. The lowest BCUT2D eigenvalue weighted by Gasteiger charge is -2.43. The van der Waals surface area contributed by atoms with Crippen LogP contribution in [0.15, 0.2) is 97.2 Å². The summed E-state index contributed by atoms with van der Waals surface area (Å²) < 4.78 is 13.7. The summed E-state index contributed by atoms with van der Waals surface area (Å²) in [7, 11) is -2.60. The summed E-state index contributed by atoms with van der Waals surface area (Å²) in [5.74, 6) is 1.87. The van der Waals surface area contributed by atoms with Gasteiger partial charge in [-0.3, -0.25) is 0 Å². The topological polar surface area (TPSA) is 44.2 Å². The molecule has 0 radical (unpaired) electrons. The molecule has 1 saturated carbocycles. The first-order valence-corrected chi connectivity index (χ1v) is 15.4. The standard InChI is InChI=1S/C33H38N2O2Si/c1-25-31(22-34-26(2)35-25)36-24-33(27-15-9-6-10-16-27)21-28(33)23-37-38(32(3,4)5,29-17-11-7-12-18-29)30-19-13-8-14-20-30/h6-20,22,28H,21,23-24H2,1-5H3/t28-,33?/m0/s1. The molecule has 38 heavy (non-hydrogen) atoms. The van der Waals surface area contributed by atoms with Crippen LogP contribution in [0, 0.1) is 19.8 Å². The van der Waals surface area contributed by atoms with E-state index in [0.717, 1.165) is 23.7 Å². The number of benzene rings is 3. The van der Waals surface area contributed by atoms with Crippen LogP contribution in [-0.4, -0.2) is 31.5 Å². The lowest BCUT2D eigenvalue weighted by Crippen LogP contribution is -2.66. The molecule has 1 aromatic heterocycles. The van der Waals surface area contributed by atoms with Crippen LogP contribution in [0.3, 0.4) is 0 Å². The van der Waals surface area contributed by atoms with Gasteiger partial charge in [0, 0.05) is 12.0 Å². The molecule has 5 heteroatoms. The Balaban J connectivity index is 1.46. The predicted octanol–water partition coefficient (Wildman–Crippen LogP) is 6.01. The fourth-order valence-corrected chi connectivity index (χ4v) is 10.5. The number of ether oxygens (including phenoxy) is 1. The second-order valence-corrected chi connectivity index (χ2v) is 15.9. The van der Waals surface area contributed by atoms with Crippen LogP contribution >= 0.6 is 0 Å². The highest BCUT2D eigenvalue weighted by molar-refractivity contribution is 6.99. The van der Waals surface area contributed by atoms with Gasteiger partial charge in [0.05, 0.1) is 18.5 Å². The first kappa shape index (κ1) is 26.3. The molecular formula is C33H38N2O2Si. The molecule has 0 amide bonds. The van der Waals surface area contributed by atoms with E-state index in [2.05, 4.69) is 122 Å². The summed E-state index contributed by atoms with van der Waals surface area (Å²) in [6.45, 7) is 12.2. The summed E-state index contributed by atoms with van der Waals surface area (Å²) in [5.41, 5.74) is 2.09. The molecule has 0 N–H and O–H groups in total. The van der Waals surface area contributed by atoms with Crippen molar-refractivity contribution in [1.29, 1.82) is 0 Å². The Morgan fingerprint density at radius 1 is 0.842 bits per heavy atom. The molecule has 4 nitrogen and oxygen atoms in total. The second kappa shape index (κ2) is 10.5. The van der Waals surface area contributed by atoms with Crippen molar-refractivity contribution in [1.82, 2.24) is 9.97 Å². The maximum Gasteiger partial charge on any atom is 0.261 e. The van der Waals surface area contributed by atoms with E-state index in [1.165, 1.54) is 15.9 Å². The zero-order chi connectivity index (χ0) is 26.8. The Bertz CT molecular complexity index is 1320. The van der Waals surface area contributed by atoms with Crippen molar-refractivity contribution in [2.45, 2.75) is 51.5 Å². The SMILES string of the molecule is Cc1ncc(OCC2(c3ccccc3)C[C@H]2CO[Si](c2ccccc2)(c2ccccc2)C(C)(C)C)c(C)n1. The number of aromatic nitrogens is 2. The molecule has 196 valence electrons. The average molecular weight is 523 g/mol. The second-order valence-electron chi connectivity index (χ2n) is 11.6. The fourth-order valence-electron chi connectivity index (χ4n) is 5.89. The Labute approximate surface area is 228 Å². The highest BCUT2D eigenvalue weighted by atomic mass is 28.4. The van der Waals surface area contributed by atoms with Gasteiger partial charge in [-0.05, 0) is 47.2 Å². The average Bonchev–Trinajstić information content (AvgIpc) is 3.64. The molecule has 4 aromatic rings. The molecule has 1 aliphatic rings. The quantitative estimate of drug-likeness (QED) is 0.253. The zero-order valence-corrected chi connectivity index (χ0v) is 24.1. The number of hydrogen-bond acceptors (Lipinski definition) is 4. The predicted molar refractivity (Wildman–Crippen MR) is 157 cm³/mol. The normalized spacial score (nSPS) is 19.2. The molecule has 0 saturated heterocycles. The summed E-state index contributed by atoms with van der Waals surface area (Å²) in [6, 6.07) is 32.5. The van der Waals surface area contributed by atoms with Crippen molar-refractivity contribution in [2.24, 2.45) is 5.92 Å². The molecule has 5 rings (SSSR count). The van der Waals surface area contributed by atoms with Crippen LogP contribution < -0.4 is 15.1 Å². The number of hydrogen-bond donors (Lipinski definition) is 0. The summed E-state index contributed by atoms with van der Waals surface area (Å²) in [4.78, 5) is 8.85. The third kappa shape index (κ3) is 4.93. The summed E-state index contributed by atoms with van der Waals surface area (Å²) >= 11 is 0. The third-order valence-electron chi connectivity index (χ3n) is 8.04. The van der Waals surface area contributed by atoms with Crippen LogP contribution in [0.4, 0.5) is 0 Å². The first-order valence-electron chi connectivity index (χ1n) is 13.5. The van der Waals surface area contributed by atoms with Gasteiger partial charge in [-0.1, -0.05) is 112 Å². The van der Waals surface area contributed by atoms with Crippen molar-refractivity contribution < 1.29 is 9.16 Å². The highest BCUT2D eigenvalue weighted by Crippen LogP contribution is 2.55. The van der Waals surface area contributed by atoms with Gasteiger partial charge in [0.2, 0.25) is 0 Å². The van der Waals surface area contributed by atoms with Gasteiger partial charge in [-0.25, -0.2) is 9.97 Å². The number of aryl methyl sites for hydroxylation is 2. The van der Waals surface area contributed by atoms with E-state index in [1.54, 1.807) is 6.20 Å². The van der Waals surface area contributed by atoms with Gasteiger partial charge in [0.15, 0.2) is 5.75 Å². The van der Waals surface area contributed by atoms with Crippen LogP contribution in [0.1, 0.15) is 44.3 Å². The lowest BCUT2D eigenvalue weighted by molar-refractivity contribution is 0.229. The van der Waals surface area contributed by atoms with Gasteiger partial charge in [0.25, 0.3) is 8.32 Å². The fraction of sp³-hybridized carbons (Fsp3) is 0.333. The van der Waals surface area contributed by atoms with Gasteiger partial charge in [-0.2, -0.15) is 0 Å². The summed E-state index contributed by atoms with van der Waals surface area (Å²) in [5, 5.41) is 2.58. The van der Waals surface area contributed by atoms with Crippen LogP contribution in [-0.2, 0) is 9.84 Å². The van der Waals surface area contributed by atoms with Crippen molar-refractivity contribution in [3.8, 4) is 5.75 Å². The third-order valence-corrected chi connectivity index (χ3v) is 13.0. The molecular weight excluding hydrogens is 484 g/mol. The minimum absolute atomic E-state index is 0.0488. The number of nitrogens with zero attached hydrogens (tertiary/aromatic N) is 2. The molecule has 1 heterocycles. The molecule has 0 bridgehead atoms. The Hall–Kier alpha value is -3.28. The molecule has 1 unspecified atom stereocenters. The van der Waals surface area contributed by atoms with E-state index < -0.39 is 8.32 Å². The molecule has 0 spiro atoms. The number of rotatable bonds is 9. The van der Waals surface area contributed by atoms with E-state index in [0.29, 0.717) is 19.1 Å². The van der Waals surface area contributed by atoms with Crippen LogP contribution in [0.5, 0.6) is 5.75 Å². The van der Waals surface area contributed by atoms with E-state index in [-0.39, 0.29) is 10.5 Å². The Morgan fingerprint density at radius 3 is 1.92 bits per heavy atom. The maximum atomic E-state index is 7.32. The van der Waals surface area contributed by atoms with Crippen molar-refractivity contribution in [2.75, 3.05) is 13.2 Å². The van der Waals surface area contributed by atoms with Crippen LogP contribution in [0.2, 0.25) is 5.04 Å². The van der Waals surface area contributed by atoms with Crippen LogP contribution in [0.25, 0.3) is 0 Å². The molecule has 1 fully saturated rings. The summed E-state index contributed by atoms with van der Waals surface area (Å²) in [6.07, 6.45) is 2.83. The first-order chi connectivity index (χ1) is 18.3. The van der Waals surface area contributed by atoms with Gasteiger partial charge < -0.3 is 9.16 Å². The molecule has 0 aliphatic heterocycles. The lowest BCUT2D eigenvalue weighted by atomic mass is 9.94. The van der Waals surface area contributed by atoms with E-state index in [1.807, 2.05) is 13.8 Å². The Morgan fingerprint density at radius 2 is 1.39 bits per heavy atom.